The minimum Gasteiger partial charge on any atom is -0.386 e. The van der Waals surface area contributed by atoms with Crippen LogP contribution in [0.5, 0.6) is 0 Å². The minimum absolute atomic E-state index is 0.0294. The molecule has 1 atom stereocenters. The van der Waals surface area contributed by atoms with Gasteiger partial charge in [-0.05, 0) is 35.6 Å². The maximum Gasteiger partial charge on any atom is 0.240 e. The third-order valence-corrected chi connectivity index (χ3v) is 5.39. The summed E-state index contributed by atoms with van der Waals surface area (Å²) >= 11 is 1.40. The number of hydrogen-bond acceptors (Lipinski definition) is 4. The van der Waals surface area contributed by atoms with Gasteiger partial charge in [0.25, 0.3) is 0 Å². The number of nitrogens with one attached hydrogen (secondary N) is 1. The predicted octanol–water partition coefficient (Wildman–Crippen LogP) is 2.32. The summed E-state index contributed by atoms with van der Waals surface area (Å²) in [4.78, 5) is 0.960. The highest BCUT2D eigenvalue weighted by molar-refractivity contribution is 7.89. The van der Waals surface area contributed by atoms with Crippen molar-refractivity contribution in [3.8, 4) is 0 Å². The highest BCUT2D eigenvalue weighted by Crippen LogP contribution is 2.18. The molecule has 0 bridgehead atoms. The van der Waals surface area contributed by atoms with Gasteiger partial charge >= 0.3 is 0 Å². The molecule has 0 aliphatic heterocycles. The van der Waals surface area contributed by atoms with Gasteiger partial charge in [0.2, 0.25) is 10.0 Å². The fourth-order valence-electron chi connectivity index (χ4n) is 1.76. The Hall–Kier alpha value is -1.21. The Kier molecular flexibility index (Phi) is 4.93. The number of aliphatic hydroxyl groups excluding tert-OH is 1. The fourth-order valence-corrected chi connectivity index (χ4v) is 3.51. The highest BCUT2D eigenvalue weighted by atomic mass is 32.2. The molecule has 1 aromatic heterocycles. The number of thiophene rings is 1. The maximum absolute atomic E-state index is 12.1. The van der Waals surface area contributed by atoms with Gasteiger partial charge in [-0.3, -0.25) is 0 Å². The van der Waals surface area contributed by atoms with Gasteiger partial charge in [-0.2, -0.15) is 0 Å². The van der Waals surface area contributed by atoms with Gasteiger partial charge in [-0.1, -0.05) is 25.1 Å². The normalized spacial score (nSPS) is 13.3. The maximum atomic E-state index is 12.1. The molecule has 1 heterocycles. The summed E-state index contributed by atoms with van der Waals surface area (Å²) < 4.78 is 26.6. The van der Waals surface area contributed by atoms with Crippen molar-refractivity contribution in [2.24, 2.45) is 0 Å². The summed E-state index contributed by atoms with van der Waals surface area (Å²) in [7, 11) is -3.58. The third-order valence-electron chi connectivity index (χ3n) is 2.98. The predicted molar refractivity (Wildman–Crippen MR) is 80.3 cm³/mol. The molecule has 4 nitrogen and oxygen atoms in total. The Morgan fingerprint density at radius 1 is 1.25 bits per heavy atom. The summed E-state index contributed by atoms with van der Waals surface area (Å²) in [6.07, 6.45) is 0.0462. The van der Waals surface area contributed by atoms with Gasteiger partial charge in [0.15, 0.2) is 0 Å². The van der Waals surface area contributed by atoms with Crippen LogP contribution in [-0.4, -0.2) is 20.1 Å². The molecule has 0 fully saturated rings. The molecule has 0 aliphatic carbocycles. The molecule has 2 aromatic rings. The van der Waals surface area contributed by atoms with Crippen LogP contribution >= 0.6 is 11.3 Å². The van der Waals surface area contributed by atoms with Gasteiger partial charge in [-0.15, -0.1) is 11.3 Å². The standard InChI is InChI=1S/C14H17NO3S2/c1-2-11-5-7-12(8-6-11)20(17,18)15-10-13(16)14-4-3-9-19-14/h3-9,13,15-16H,2,10H2,1H3. The Morgan fingerprint density at radius 3 is 2.50 bits per heavy atom. The Bertz CT molecular complexity index is 634. The molecular formula is C14H17NO3S2. The summed E-state index contributed by atoms with van der Waals surface area (Å²) in [5.41, 5.74) is 1.09. The van der Waals surface area contributed by atoms with Gasteiger partial charge in [0, 0.05) is 11.4 Å². The monoisotopic (exact) mass is 311 g/mol. The molecular weight excluding hydrogens is 294 g/mol. The molecule has 2 rings (SSSR count). The van der Waals surface area contributed by atoms with E-state index in [2.05, 4.69) is 4.72 Å². The molecule has 0 spiro atoms. The smallest absolute Gasteiger partial charge is 0.240 e. The average Bonchev–Trinajstić information content (AvgIpc) is 2.99. The highest BCUT2D eigenvalue weighted by Gasteiger charge is 2.16. The minimum atomic E-state index is -3.58. The number of aryl methyl sites for hydroxylation is 1. The zero-order chi connectivity index (χ0) is 14.6. The molecule has 1 aromatic carbocycles. The second-order valence-electron chi connectivity index (χ2n) is 4.38. The van der Waals surface area contributed by atoms with Crippen LogP contribution < -0.4 is 4.72 Å². The van der Waals surface area contributed by atoms with E-state index in [9.17, 15) is 13.5 Å². The summed E-state index contributed by atoms with van der Waals surface area (Å²) in [5, 5.41) is 11.7. The van der Waals surface area contributed by atoms with Crippen molar-refractivity contribution < 1.29 is 13.5 Å². The average molecular weight is 311 g/mol. The molecule has 1 unspecified atom stereocenters. The zero-order valence-electron chi connectivity index (χ0n) is 11.1. The van der Waals surface area contributed by atoms with Gasteiger partial charge in [0.1, 0.15) is 6.10 Å². The van der Waals surface area contributed by atoms with Crippen molar-refractivity contribution in [2.45, 2.75) is 24.3 Å². The van der Waals surface area contributed by atoms with E-state index >= 15 is 0 Å². The SMILES string of the molecule is CCc1ccc(S(=O)(=O)NCC(O)c2cccs2)cc1. The lowest BCUT2D eigenvalue weighted by molar-refractivity contribution is 0.186. The fraction of sp³-hybridized carbons (Fsp3) is 0.286. The lowest BCUT2D eigenvalue weighted by Crippen LogP contribution is -2.28. The zero-order valence-corrected chi connectivity index (χ0v) is 12.7. The molecule has 0 aliphatic rings. The second-order valence-corrected chi connectivity index (χ2v) is 7.13. The Labute approximate surface area is 123 Å². The summed E-state index contributed by atoms with van der Waals surface area (Å²) in [5.74, 6) is 0. The van der Waals surface area contributed by atoms with Crippen molar-refractivity contribution in [3.05, 3.63) is 52.2 Å². The first-order chi connectivity index (χ1) is 9.53. The van der Waals surface area contributed by atoms with E-state index in [1.165, 1.54) is 11.3 Å². The molecule has 0 amide bonds. The second kappa shape index (κ2) is 6.49. The molecule has 2 N–H and O–H groups in total. The lowest BCUT2D eigenvalue weighted by atomic mass is 10.2. The van der Waals surface area contributed by atoms with Gasteiger partial charge in [0.05, 0.1) is 4.90 Å². The number of aliphatic hydroxyl groups is 1. The lowest BCUT2D eigenvalue weighted by Gasteiger charge is -2.11. The quantitative estimate of drug-likeness (QED) is 0.860. The van der Waals surface area contributed by atoms with Crippen molar-refractivity contribution in [2.75, 3.05) is 6.54 Å². The Morgan fingerprint density at radius 2 is 1.95 bits per heavy atom. The van der Waals surface area contributed by atoms with Crippen LogP contribution in [-0.2, 0) is 16.4 Å². The van der Waals surface area contributed by atoms with Crippen LogP contribution in [0.15, 0.2) is 46.7 Å². The van der Waals surface area contributed by atoms with E-state index in [-0.39, 0.29) is 11.4 Å². The third kappa shape index (κ3) is 3.67. The first-order valence-corrected chi connectivity index (χ1v) is 8.69. The number of hydrogen-bond donors (Lipinski definition) is 2. The van der Waals surface area contributed by atoms with Crippen molar-refractivity contribution >= 4 is 21.4 Å². The molecule has 20 heavy (non-hydrogen) atoms. The molecule has 0 radical (unpaired) electrons. The van der Waals surface area contributed by atoms with E-state index in [1.807, 2.05) is 18.4 Å². The summed E-state index contributed by atoms with van der Waals surface area (Å²) in [6.45, 7) is 1.98. The van der Waals surface area contributed by atoms with Gasteiger partial charge < -0.3 is 5.11 Å². The molecule has 0 saturated carbocycles. The first-order valence-electron chi connectivity index (χ1n) is 6.33. The van der Waals surface area contributed by atoms with Crippen molar-refractivity contribution in [3.63, 3.8) is 0 Å². The first kappa shape index (κ1) is 15.2. The van der Waals surface area contributed by atoms with Crippen molar-refractivity contribution in [1.82, 2.24) is 4.72 Å². The van der Waals surface area contributed by atoms with E-state index < -0.39 is 16.1 Å². The number of benzene rings is 1. The molecule has 6 heteroatoms. The number of rotatable bonds is 6. The van der Waals surface area contributed by atoms with Crippen LogP contribution in [0.1, 0.15) is 23.5 Å². The van der Waals surface area contributed by atoms with E-state index in [0.717, 1.165) is 16.9 Å². The summed E-state index contributed by atoms with van der Waals surface area (Å²) in [6, 6.07) is 10.4. The van der Waals surface area contributed by atoms with Crippen LogP contribution in [0.25, 0.3) is 0 Å². The topological polar surface area (TPSA) is 66.4 Å². The van der Waals surface area contributed by atoms with Crippen LogP contribution in [0.2, 0.25) is 0 Å². The van der Waals surface area contributed by atoms with Crippen LogP contribution in [0.4, 0.5) is 0 Å². The Balaban J connectivity index is 2.03. The van der Waals surface area contributed by atoms with E-state index in [4.69, 9.17) is 0 Å². The van der Waals surface area contributed by atoms with E-state index in [0.29, 0.717) is 0 Å². The number of sulfonamides is 1. The molecule has 0 saturated heterocycles. The largest absolute Gasteiger partial charge is 0.386 e. The van der Waals surface area contributed by atoms with Crippen molar-refractivity contribution in [1.29, 1.82) is 0 Å². The van der Waals surface area contributed by atoms with Crippen LogP contribution in [0.3, 0.4) is 0 Å². The molecule has 108 valence electrons. The van der Waals surface area contributed by atoms with Gasteiger partial charge in [-0.25, -0.2) is 13.1 Å². The van der Waals surface area contributed by atoms with Crippen LogP contribution in [0, 0.1) is 0 Å². The van der Waals surface area contributed by atoms with E-state index in [1.54, 1.807) is 30.3 Å².